The number of carbonyl (C=O) groups is 2. The Morgan fingerprint density at radius 2 is 1.59 bits per heavy atom. The largest absolute Gasteiger partial charge is 0.495 e. The highest BCUT2D eigenvalue weighted by Gasteiger charge is 2.29. The lowest BCUT2D eigenvalue weighted by molar-refractivity contribution is -0.123. The molecule has 6 nitrogen and oxygen atoms in total. The van der Waals surface area contributed by atoms with E-state index in [1.807, 2.05) is 0 Å². The number of carbonyl (C=O) groups excluding carboxylic acids is 2. The molecule has 2 aliphatic rings. The smallest absolute Gasteiger partial charge is 0.258 e. The minimum Gasteiger partial charge on any atom is -0.495 e. The Hall–Kier alpha value is -2.73. The number of fused-ring (bicyclic) bond motifs is 1. The second-order valence-corrected chi connectivity index (χ2v) is 3.92. The molecule has 1 fully saturated rings. The van der Waals surface area contributed by atoms with Crippen LogP contribution in [-0.2, 0) is 14.3 Å². The fraction of sp³-hybridized carbons (Fsp3) is 0.0667. The topological polar surface area (TPSA) is 80.1 Å². The van der Waals surface area contributed by atoms with Gasteiger partial charge < -0.3 is 4.74 Å². The van der Waals surface area contributed by atoms with E-state index < -0.39 is 11.8 Å². The van der Waals surface area contributed by atoms with Crippen molar-refractivity contribution >= 4 is 36.7 Å². The van der Waals surface area contributed by atoms with Crippen molar-refractivity contribution in [2.45, 2.75) is 0 Å². The van der Waals surface area contributed by atoms with E-state index in [9.17, 15) is 9.59 Å². The van der Waals surface area contributed by atoms with Gasteiger partial charge in [-0.2, -0.15) is 0 Å². The van der Waals surface area contributed by atoms with Crippen molar-refractivity contribution in [2.75, 3.05) is 6.61 Å². The van der Waals surface area contributed by atoms with Crippen LogP contribution in [0.15, 0.2) is 70.2 Å². The van der Waals surface area contributed by atoms with Crippen LogP contribution in [0.1, 0.15) is 0 Å². The van der Waals surface area contributed by atoms with Gasteiger partial charge in [0, 0.05) is 24.8 Å². The van der Waals surface area contributed by atoms with Crippen LogP contribution in [0.4, 0.5) is 0 Å². The minimum atomic E-state index is -0.427. The number of aliphatic imine (C=N–C) groups is 2. The molecule has 2 heterocycles. The summed E-state index contributed by atoms with van der Waals surface area (Å²) < 4.78 is 5.12. The zero-order valence-electron chi connectivity index (χ0n) is 11.5. The SMILES string of the molecule is Cl.O=C1NC(=O)/C2=C/C=C\N=C\C=C/OCC=N\C=C/C=C/12. The summed E-state index contributed by atoms with van der Waals surface area (Å²) in [4.78, 5) is 31.3. The van der Waals surface area contributed by atoms with Crippen molar-refractivity contribution in [3.8, 4) is 0 Å². The molecule has 2 rings (SSSR count). The van der Waals surface area contributed by atoms with E-state index in [4.69, 9.17) is 4.74 Å². The Morgan fingerprint density at radius 1 is 0.955 bits per heavy atom. The third-order valence-corrected chi connectivity index (χ3v) is 2.50. The molecule has 2 amide bonds. The lowest BCUT2D eigenvalue weighted by Gasteiger charge is -1.92. The summed E-state index contributed by atoms with van der Waals surface area (Å²) in [6, 6.07) is 0. The fourth-order valence-electron chi connectivity index (χ4n) is 1.58. The van der Waals surface area contributed by atoms with E-state index in [1.165, 1.54) is 37.0 Å². The minimum absolute atomic E-state index is 0. The molecule has 0 aromatic heterocycles. The highest BCUT2D eigenvalue weighted by molar-refractivity contribution is 6.24. The maximum absolute atomic E-state index is 11.7. The highest BCUT2D eigenvalue weighted by Crippen LogP contribution is 2.17. The number of allylic oxidation sites excluding steroid dienone is 5. The summed E-state index contributed by atoms with van der Waals surface area (Å²) in [5.41, 5.74) is 0.592. The normalized spacial score (nSPS) is 28.5. The number of halogens is 1. The van der Waals surface area contributed by atoms with E-state index in [1.54, 1.807) is 24.4 Å². The van der Waals surface area contributed by atoms with Gasteiger partial charge >= 0.3 is 0 Å². The van der Waals surface area contributed by atoms with Crippen molar-refractivity contribution < 1.29 is 14.3 Å². The first kappa shape index (κ1) is 17.3. The van der Waals surface area contributed by atoms with E-state index in [-0.39, 0.29) is 12.4 Å². The van der Waals surface area contributed by atoms with Crippen molar-refractivity contribution in [1.29, 1.82) is 0 Å². The molecule has 2 aliphatic heterocycles. The lowest BCUT2D eigenvalue weighted by atomic mass is 10.1. The van der Waals surface area contributed by atoms with Gasteiger partial charge in [-0.25, -0.2) is 0 Å². The molecule has 0 aromatic rings. The quantitative estimate of drug-likeness (QED) is 0.689. The average Bonchev–Trinajstić information content (AvgIpc) is 2.72. The van der Waals surface area contributed by atoms with Gasteiger partial charge in [-0.15, -0.1) is 12.4 Å². The number of nitrogens with one attached hydrogen (secondary N) is 1. The van der Waals surface area contributed by atoms with Crippen LogP contribution in [0.2, 0.25) is 0 Å². The average molecular weight is 320 g/mol. The number of ether oxygens (including phenoxy) is 1. The maximum atomic E-state index is 11.7. The molecule has 22 heavy (non-hydrogen) atoms. The first-order valence-electron chi connectivity index (χ1n) is 6.20. The highest BCUT2D eigenvalue weighted by atomic mass is 35.5. The van der Waals surface area contributed by atoms with Crippen molar-refractivity contribution in [2.24, 2.45) is 9.98 Å². The molecule has 0 atom stereocenters. The standard InChI is InChI=1S/C15H13N3O3.ClH/c19-14-12-4-1-6-16-8-3-10-21-11-9-17-7-2-5-13(12)15(20)18-14;/h1-10H,11H2,(H,18,19,20);1H/b6-1-,7-2-,10-3-,12-4+,13-5+,16-8+,17-9?;. The molecule has 1 saturated heterocycles. The molecule has 0 unspecified atom stereocenters. The van der Waals surface area contributed by atoms with Gasteiger partial charge in [-0.3, -0.25) is 24.9 Å². The summed E-state index contributed by atoms with van der Waals surface area (Å²) in [5, 5.41) is 2.24. The molecule has 0 aliphatic carbocycles. The molecule has 0 aromatic carbocycles. The van der Waals surface area contributed by atoms with Gasteiger partial charge in [-0.1, -0.05) is 0 Å². The Labute approximate surface area is 133 Å². The van der Waals surface area contributed by atoms with Crippen LogP contribution in [0.3, 0.4) is 0 Å². The van der Waals surface area contributed by atoms with Gasteiger partial charge in [0.05, 0.1) is 17.4 Å². The summed E-state index contributed by atoms with van der Waals surface area (Å²) in [6.45, 7) is 0.325. The van der Waals surface area contributed by atoms with Gasteiger partial charge in [-0.05, 0) is 30.4 Å². The van der Waals surface area contributed by atoms with Crippen LogP contribution in [0.5, 0.6) is 0 Å². The van der Waals surface area contributed by atoms with Crippen LogP contribution in [0, 0.1) is 0 Å². The number of hydrogen-bond donors (Lipinski definition) is 1. The van der Waals surface area contributed by atoms with Gasteiger partial charge in [0.1, 0.15) is 6.61 Å². The third kappa shape index (κ3) is 4.99. The summed E-state index contributed by atoms with van der Waals surface area (Å²) in [6.07, 6.45) is 15.5. The lowest BCUT2D eigenvalue weighted by Crippen LogP contribution is -2.19. The van der Waals surface area contributed by atoms with Crippen molar-refractivity contribution in [3.63, 3.8) is 0 Å². The fourth-order valence-corrected chi connectivity index (χ4v) is 1.58. The Morgan fingerprint density at radius 3 is 2.27 bits per heavy atom. The molecule has 0 bridgehead atoms. The molecule has 1 N–H and O–H groups in total. The van der Waals surface area contributed by atoms with Crippen LogP contribution in [0.25, 0.3) is 0 Å². The third-order valence-electron chi connectivity index (χ3n) is 2.50. The molecule has 0 spiro atoms. The predicted octanol–water partition coefficient (Wildman–Crippen LogP) is 1.63. The van der Waals surface area contributed by atoms with Gasteiger partial charge in [0.15, 0.2) is 0 Å². The van der Waals surface area contributed by atoms with Gasteiger partial charge in [0.2, 0.25) is 0 Å². The monoisotopic (exact) mass is 319 g/mol. The van der Waals surface area contributed by atoms with E-state index in [0.717, 1.165) is 0 Å². The summed E-state index contributed by atoms with van der Waals surface area (Å²) in [5.74, 6) is -0.852. The maximum Gasteiger partial charge on any atom is 0.258 e. The number of nitrogens with zero attached hydrogens (tertiary/aromatic N) is 2. The van der Waals surface area contributed by atoms with E-state index in [2.05, 4.69) is 15.3 Å². The zero-order valence-corrected chi connectivity index (χ0v) is 12.3. The number of hydrogen-bond acceptors (Lipinski definition) is 5. The zero-order chi connectivity index (χ0) is 14.9. The number of rotatable bonds is 0. The molecule has 0 radical (unpaired) electrons. The Bertz CT molecular complexity index is 640. The van der Waals surface area contributed by atoms with Gasteiger partial charge in [0.25, 0.3) is 11.8 Å². The first-order valence-corrected chi connectivity index (χ1v) is 6.20. The van der Waals surface area contributed by atoms with Crippen LogP contribution in [-0.4, -0.2) is 30.9 Å². The Balaban J connectivity index is 0.00000242. The Kier molecular flexibility index (Phi) is 7.28. The summed E-state index contributed by atoms with van der Waals surface area (Å²) in [7, 11) is 0. The second kappa shape index (κ2) is 9.25. The molecule has 0 saturated carbocycles. The number of imide groups is 1. The molecular weight excluding hydrogens is 306 g/mol. The summed E-state index contributed by atoms with van der Waals surface area (Å²) >= 11 is 0. The first-order chi connectivity index (χ1) is 10.3. The van der Waals surface area contributed by atoms with Crippen molar-refractivity contribution in [1.82, 2.24) is 5.32 Å². The molecule has 7 heteroatoms. The van der Waals surface area contributed by atoms with Crippen LogP contribution < -0.4 is 5.32 Å². The van der Waals surface area contributed by atoms with Crippen molar-refractivity contribution in [3.05, 3.63) is 60.2 Å². The van der Waals surface area contributed by atoms with E-state index >= 15 is 0 Å². The predicted molar refractivity (Wildman–Crippen MR) is 86.9 cm³/mol. The van der Waals surface area contributed by atoms with E-state index in [0.29, 0.717) is 17.8 Å². The molecule has 114 valence electrons. The number of amides is 2. The second-order valence-electron chi connectivity index (χ2n) is 3.92. The van der Waals surface area contributed by atoms with Crippen LogP contribution >= 0.6 is 12.4 Å². The molecular formula is C15H14ClN3O3.